The van der Waals surface area contributed by atoms with Gasteiger partial charge in [0.05, 0.1) is 0 Å². The van der Waals surface area contributed by atoms with Gasteiger partial charge in [-0.1, -0.05) is 6.42 Å². The lowest BCUT2D eigenvalue weighted by Crippen LogP contribution is -2.48. The van der Waals surface area contributed by atoms with Crippen LogP contribution in [0.15, 0.2) is 24.5 Å². The quantitative estimate of drug-likeness (QED) is 0.733. The van der Waals surface area contributed by atoms with Crippen molar-refractivity contribution in [2.75, 3.05) is 6.54 Å². The molecular formula is C11H18N2. The van der Waals surface area contributed by atoms with Crippen molar-refractivity contribution in [3.05, 3.63) is 24.5 Å². The van der Waals surface area contributed by atoms with Gasteiger partial charge in [0.2, 0.25) is 0 Å². The van der Waals surface area contributed by atoms with Gasteiger partial charge in [-0.05, 0) is 38.4 Å². The number of aromatic nitrogens is 1. The van der Waals surface area contributed by atoms with Gasteiger partial charge in [-0.3, -0.25) is 0 Å². The van der Waals surface area contributed by atoms with Gasteiger partial charge in [-0.25, -0.2) is 0 Å². The van der Waals surface area contributed by atoms with E-state index in [0.717, 1.165) is 6.54 Å². The van der Waals surface area contributed by atoms with E-state index in [2.05, 4.69) is 41.3 Å². The van der Waals surface area contributed by atoms with Crippen molar-refractivity contribution >= 4 is 0 Å². The van der Waals surface area contributed by atoms with Crippen molar-refractivity contribution in [2.45, 2.75) is 38.3 Å². The Morgan fingerprint density at radius 3 is 2.69 bits per heavy atom. The largest absolute Gasteiger partial charge is 0.352 e. The molecule has 0 saturated carbocycles. The lowest BCUT2D eigenvalue weighted by atomic mass is 9.91. The van der Waals surface area contributed by atoms with Crippen LogP contribution >= 0.6 is 0 Å². The molecule has 2 nitrogen and oxygen atoms in total. The number of hydrogen-bond acceptors (Lipinski definition) is 1. The third kappa shape index (κ3) is 2.13. The molecule has 1 aromatic heterocycles. The zero-order valence-electron chi connectivity index (χ0n) is 8.29. The first-order chi connectivity index (χ1) is 6.29. The Kier molecular flexibility index (Phi) is 2.40. The fourth-order valence-electron chi connectivity index (χ4n) is 2.13. The Hall–Kier alpha value is -0.760. The van der Waals surface area contributed by atoms with Crippen LogP contribution in [0.2, 0.25) is 0 Å². The highest BCUT2D eigenvalue weighted by atomic mass is 15.1. The summed E-state index contributed by atoms with van der Waals surface area (Å²) in [6, 6.07) is 4.18. The molecule has 13 heavy (non-hydrogen) atoms. The number of nitrogens with zero attached hydrogens (tertiary/aromatic N) is 1. The van der Waals surface area contributed by atoms with E-state index >= 15 is 0 Å². The summed E-state index contributed by atoms with van der Waals surface area (Å²) in [4.78, 5) is 0. The van der Waals surface area contributed by atoms with E-state index in [1.54, 1.807) is 0 Å². The second-order valence-corrected chi connectivity index (χ2v) is 4.30. The van der Waals surface area contributed by atoms with Crippen LogP contribution in [0.4, 0.5) is 0 Å². The molecule has 2 heterocycles. The Balaban J connectivity index is 1.99. The number of nitrogens with one attached hydrogen (secondary N) is 1. The van der Waals surface area contributed by atoms with Crippen LogP contribution < -0.4 is 5.32 Å². The summed E-state index contributed by atoms with van der Waals surface area (Å²) >= 11 is 0. The lowest BCUT2D eigenvalue weighted by Gasteiger charge is -2.35. The second-order valence-electron chi connectivity index (χ2n) is 4.30. The Bertz CT molecular complexity index is 245. The van der Waals surface area contributed by atoms with Crippen molar-refractivity contribution in [3.63, 3.8) is 0 Å². The van der Waals surface area contributed by atoms with Gasteiger partial charge >= 0.3 is 0 Å². The van der Waals surface area contributed by atoms with Gasteiger partial charge in [0.25, 0.3) is 0 Å². The summed E-state index contributed by atoms with van der Waals surface area (Å²) in [6.45, 7) is 4.60. The smallest absolute Gasteiger partial charge is 0.0399 e. The molecule has 0 bridgehead atoms. The Labute approximate surface area is 79.9 Å². The minimum Gasteiger partial charge on any atom is -0.352 e. The number of hydrogen-bond donors (Lipinski definition) is 1. The van der Waals surface area contributed by atoms with Crippen molar-refractivity contribution in [1.29, 1.82) is 0 Å². The molecule has 0 radical (unpaired) electrons. The van der Waals surface area contributed by atoms with Crippen LogP contribution in [0.1, 0.15) is 26.2 Å². The summed E-state index contributed by atoms with van der Waals surface area (Å²) < 4.78 is 2.26. The minimum absolute atomic E-state index is 0.317. The first-order valence-electron chi connectivity index (χ1n) is 5.14. The summed E-state index contributed by atoms with van der Waals surface area (Å²) in [6.07, 6.45) is 8.28. The number of piperidine rings is 1. The van der Waals surface area contributed by atoms with E-state index in [9.17, 15) is 0 Å². The third-order valence-corrected chi connectivity index (χ3v) is 2.90. The second kappa shape index (κ2) is 3.54. The molecule has 1 fully saturated rings. The Morgan fingerprint density at radius 2 is 2.08 bits per heavy atom. The van der Waals surface area contributed by atoms with Gasteiger partial charge < -0.3 is 9.88 Å². The third-order valence-electron chi connectivity index (χ3n) is 2.90. The molecule has 2 rings (SSSR count). The zero-order valence-corrected chi connectivity index (χ0v) is 8.29. The van der Waals surface area contributed by atoms with Crippen LogP contribution in [0.5, 0.6) is 0 Å². The summed E-state index contributed by atoms with van der Waals surface area (Å²) in [7, 11) is 0. The van der Waals surface area contributed by atoms with Crippen LogP contribution in [0.3, 0.4) is 0 Å². The van der Waals surface area contributed by atoms with E-state index in [1.165, 1.54) is 25.8 Å². The molecule has 2 heteroatoms. The van der Waals surface area contributed by atoms with E-state index in [-0.39, 0.29) is 0 Å². The molecule has 1 unspecified atom stereocenters. The lowest BCUT2D eigenvalue weighted by molar-refractivity contribution is 0.244. The average Bonchev–Trinajstić information content (AvgIpc) is 2.57. The van der Waals surface area contributed by atoms with E-state index < -0.39 is 0 Å². The van der Waals surface area contributed by atoms with Gasteiger partial charge in [0, 0.05) is 24.5 Å². The maximum absolute atomic E-state index is 3.61. The fraction of sp³-hybridized carbons (Fsp3) is 0.636. The maximum atomic E-state index is 3.61. The molecule has 1 saturated heterocycles. The molecule has 1 N–H and O–H groups in total. The maximum Gasteiger partial charge on any atom is 0.0399 e. The molecule has 72 valence electrons. The molecule has 0 aliphatic carbocycles. The molecule has 1 aromatic rings. The average molecular weight is 178 g/mol. The van der Waals surface area contributed by atoms with Crippen LogP contribution in [0.25, 0.3) is 0 Å². The normalized spacial score (nSPS) is 29.0. The van der Waals surface area contributed by atoms with Gasteiger partial charge in [0.15, 0.2) is 0 Å². The minimum atomic E-state index is 0.317. The van der Waals surface area contributed by atoms with E-state index in [1.807, 2.05) is 0 Å². The SMILES string of the molecule is CC1(Cn2cccc2)CCCCN1. The predicted octanol–water partition coefficient (Wildman–Crippen LogP) is 2.02. The topological polar surface area (TPSA) is 17.0 Å². The van der Waals surface area contributed by atoms with Crippen LogP contribution in [0, 0.1) is 0 Å². The molecule has 1 aliphatic rings. The fourth-order valence-corrected chi connectivity index (χ4v) is 2.13. The van der Waals surface area contributed by atoms with Crippen LogP contribution in [-0.2, 0) is 6.54 Å². The molecule has 1 atom stereocenters. The molecule has 0 aromatic carbocycles. The molecule has 1 aliphatic heterocycles. The first kappa shape index (κ1) is 8.82. The van der Waals surface area contributed by atoms with Crippen molar-refractivity contribution in [1.82, 2.24) is 9.88 Å². The van der Waals surface area contributed by atoms with Crippen molar-refractivity contribution in [3.8, 4) is 0 Å². The van der Waals surface area contributed by atoms with Crippen molar-refractivity contribution < 1.29 is 0 Å². The zero-order chi connectivity index (χ0) is 9.15. The van der Waals surface area contributed by atoms with E-state index in [4.69, 9.17) is 0 Å². The Morgan fingerprint density at radius 1 is 1.31 bits per heavy atom. The molecule has 0 amide bonds. The van der Waals surface area contributed by atoms with Crippen LogP contribution in [-0.4, -0.2) is 16.7 Å². The van der Waals surface area contributed by atoms with Crippen molar-refractivity contribution in [2.24, 2.45) is 0 Å². The van der Waals surface area contributed by atoms with E-state index in [0.29, 0.717) is 5.54 Å². The summed E-state index contributed by atoms with van der Waals surface area (Å²) in [5.41, 5.74) is 0.317. The summed E-state index contributed by atoms with van der Waals surface area (Å²) in [5, 5.41) is 3.61. The molecule has 0 spiro atoms. The number of rotatable bonds is 2. The standard InChI is InChI=1S/C11H18N2/c1-11(6-2-3-7-12-11)10-13-8-4-5-9-13/h4-5,8-9,12H,2-3,6-7,10H2,1H3. The predicted molar refractivity (Wildman–Crippen MR) is 54.7 cm³/mol. The highest BCUT2D eigenvalue weighted by Gasteiger charge is 2.25. The molecular weight excluding hydrogens is 160 g/mol. The first-order valence-corrected chi connectivity index (χ1v) is 5.14. The van der Waals surface area contributed by atoms with Gasteiger partial charge in [-0.15, -0.1) is 0 Å². The van der Waals surface area contributed by atoms with Gasteiger partial charge in [0.1, 0.15) is 0 Å². The highest BCUT2D eigenvalue weighted by molar-refractivity contribution is 4.95. The highest BCUT2D eigenvalue weighted by Crippen LogP contribution is 2.20. The summed E-state index contributed by atoms with van der Waals surface area (Å²) in [5.74, 6) is 0. The monoisotopic (exact) mass is 178 g/mol. The van der Waals surface area contributed by atoms with Gasteiger partial charge in [-0.2, -0.15) is 0 Å².